The summed E-state index contributed by atoms with van der Waals surface area (Å²) in [5, 5.41) is 0. The number of unbranched alkanes of at least 4 members (excludes halogenated alkanes) is 6. The van der Waals surface area contributed by atoms with Gasteiger partial charge < -0.3 is 14.2 Å². The van der Waals surface area contributed by atoms with E-state index in [0.29, 0.717) is 0 Å². The lowest BCUT2D eigenvalue weighted by Gasteiger charge is -2.21. The second-order valence-corrected chi connectivity index (χ2v) is 8.69. The predicted molar refractivity (Wildman–Crippen MR) is 109 cm³/mol. The summed E-state index contributed by atoms with van der Waals surface area (Å²) in [5.74, 6) is -0.251. The third-order valence-corrected chi connectivity index (χ3v) is 5.16. The summed E-state index contributed by atoms with van der Waals surface area (Å²) in [6, 6.07) is 0. The summed E-state index contributed by atoms with van der Waals surface area (Å²) < 4.78 is 15.3. The summed E-state index contributed by atoms with van der Waals surface area (Å²) in [6.45, 7) is 9.40. The molecule has 5 heteroatoms. The molecule has 0 heterocycles. The van der Waals surface area contributed by atoms with Crippen molar-refractivity contribution >= 4 is 11.9 Å². The van der Waals surface area contributed by atoms with Crippen LogP contribution in [-0.4, -0.2) is 39.4 Å². The van der Waals surface area contributed by atoms with Crippen LogP contribution in [0.3, 0.4) is 0 Å². The molecule has 0 aliphatic heterocycles. The van der Waals surface area contributed by atoms with Gasteiger partial charge in [-0.1, -0.05) is 38.5 Å². The SMILES string of the molecule is COC(=O)C(C)(C)CCCCCCOCCCCCCC(C)(C)C(=O)OC. The first kappa shape index (κ1) is 25.9. The highest BCUT2D eigenvalue weighted by molar-refractivity contribution is 5.76. The van der Waals surface area contributed by atoms with Crippen LogP contribution >= 0.6 is 0 Å². The van der Waals surface area contributed by atoms with E-state index in [-0.39, 0.29) is 22.8 Å². The predicted octanol–water partition coefficient (Wildman–Crippen LogP) is 5.30. The number of carbonyl (C=O) groups excluding carboxylic acids is 2. The number of esters is 2. The maximum atomic E-state index is 11.6. The summed E-state index contributed by atoms with van der Waals surface area (Å²) in [6.07, 6.45) is 10.5. The minimum absolute atomic E-state index is 0.125. The molecule has 0 radical (unpaired) electrons. The van der Waals surface area contributed by atoms with Gasteiger partial charge in [-0.3, -0.25) is 9.59 Å². The quantitative estimate of drug-likeness (QED) is 0.266. The highest BCUT2D eigenvalue weighted by Crippen LogP contribution is 2.26. The molecule has 0 bridgehead atoms. The monoisotopic (exact) mass is 386 g/mol. The van der Waals surface area contributed by atoms with Crippen LogP contribution in [0.2, 0.25) is 0 Å². The highest BCUT2D eigenvalue weighted by atomic mass is 16.5. The lowest BCUT2D eigenvalue weighted by atomic mass is 9.87. The first-order valence-corrected chi connectivity index (χ1v) is 10.4. The fourth-order valence-electron chi connectivity index (χ4n) is 3.11. The molecule has 0 unspecified atom stereocenters. The van der Waals surface area contributed by atoms with Gasteiger partial charge in [-0.05, 0) is 53.4 Å². The van der Waals surface area contributed by atoms with Gasteiger partial charge in [0.05, 0.1) is 25.0 Å². The van der Waals surface area contributed by atoms with Crippen LogP contribution in [0.1, 0.15) is 91.9 Å². The van der Waals surface area contributed by atoms with Crippen LogP contribution in [0.25, 0.3) is 0 Å². The Balaban J connectivity index is 3.44. The van der Waals surface area contributed by atoms with Gasteiger partial charge in [0.15, 0.2) is 0 Å². The normalized spacial score (nSPS) is 12.1. The van der Waals surface area contributed by atoms with Crippen molar-refractivity contribution in [1.29, 1.82) is 0 Å². The minimum Gasteiger partial charge on any atom is -0.469 e. The molecule has 0 atom stereocenters. The molecule has 160 valence electrons. The topological polar surface area (TPSA) is 61.8 Å². The Morgan fingerprint density at radius 1 is 0.593 bits per heavy atom. The van der Waals surface area contributed by atoms with Crippen LogP contribution in [-0.2, 0) is 23.8 Å². The van der Waals surface area contributed by atoms with E-state index >= 15 is 0 Å². The fraction of sp³-hybridized carbons (Fsp3) is 0.909. The second-order valence-electron chi connectivity index (χ2n) is 8.69. The molecular formula is C22H42O5. The summed E-state index contributed by atoms with van der Waals surface area (Å²) in [4.78, 5) is 23.2. The Hall–Kier alpha value is -1.10. The highest BCUT2D eigenvalue weighted by Gasteiger charge is 2.28. The van der Waals surface area contributed by atoms with E-state index in [0.717, 1.165) is 77.4 Å². The average molecular weight is 387 g/mol. The van der Waals surface area contributed by atoms with E-state index < -0.39 is 0 Å². The zero-order valence-corrected chi connectivity index (χ0v) is 18.5. The number of carbonyl (C=O) groups is 2. The van der Waals surface area contributed by atoms with Gasteiger partial charge >= 0.3 is 11.9 Å². The Kier molecular flexibility index (Phi) is 13.4. The average Bonchev–Trinajstić information content (AvgIpc) is 2.63. The Bertz CT molecular complexity index is 377. The smallest absolute Gasteiger partial charge is 0.311 e. The van der Waals surface area contributed by atoms with E-state index in [2.05, 4.69) is 0 Å². The lowest BCUT2D eigenvalue weighted by molar-refractivity contribution is -0.151. The Morgan fingerprint density at radius 2 is 0.926 bits per heavy atom. The number of hydrogen-bond acceptors (Lipinski definition) is 5. The van der Waals surface area contributed by atoms with Crippen molar-refractivity contribution in [3.05, 3.63) is 0 Å². The Labute approximate surface area is 166 Å². The van der Waals surface area contributed by atoms with Gasteiger partial charge in [0.1, 0.15) is 0 Å². The van der Waals surface area contributed by atoms with E-state index in [4.69, 9.17) is 14.2 Å². The molecule has 0 aliphatic rings. The maximum absolute atomic E-state index is 11.6. The third-order valence-electron chi connectivity index (χ3n) is 5.16. The summed E-state index contributed by atoms with van der Waals surface area (Å²) in [7, 11) is 2.90. The van der Waals surface area contributed by atoms with Crippen LogP contribution in [0, 0.1) is 10.8 Å². The van der Waals surface area contributed by atoms with Gasteiger partial charge in [0, 0.05) is 13.2 Å². The van der Waals surface area contributed by atoms with Crippen LogP contribution in [0.4, 0.5) is 0 Å². The molecule has 0 aliphatic carbocycles. The first-order chi connectivity index (χ1) is 12.7. The second kappa shape index (κ2) is 14.0. The number of methoxy groups -OCH3 is 2. The van der Waals surface area contributed by atoms with Crippen molar-refractivity contribution in [2.75, 3.05) is 27.4 Å². The molecule has 0 amide bonds. The van der Waals surface area contributed by atoms with E-state index in [1.54, 1.807) is 0 Å². The fourth-order valence-corrected chi connectivity index (χ4v) is 3.11. The van der Waals surface area contributed by atoms with Crippen molar-refractivity contribution in [3.8, 4) is 0 Å². The number of ether oxygens (including phenoxy) is 3. The van der Waals surface area contributed by atoms with Crippen LogP contribution in [0.5, 0.6) is 0 Å². The molecule has 0 aromatic heterocycles. The Morgan fingerprint density at radius 3 is 1.26 bits per heavy atom. The van der Waals surface area contributed by atoms with Gasteiger partial charge in [0.25, 0.3) is 0 Å². The minimum atomic E-state index is -0.378. The van der Waals surface area contributed by atoms with Crippen molar-refractivity contribution in [2.24, 2.45) is 10.8 Å². The van der Waals surface area contributed by atoms with E-state index in [1.807, 2.05) is 27.7 Å². The molecule has 0 fully saturated rings. The van der Waals surface area contributed by atoms with Crippen LogP contribution < -0.4 is 0 Å². The molecule has 0 aromatic carbocycles. The molecule has 0 N–H and O–H groups in total. The maximum Gasteiger partial charge on any atom is 0.311 e. The lowest BCUT2D eigenvalue weighted by Crippen LogP contribution is -2.25. The van der Waals surface area contributed by atoms with E-state index in [1.165, 1.54) is 14.2 Å². The zero-order chi connectivity index (χ0) is 20.8. The van der Waals surface area contributed by atoms with Gasteiger partial charge in [0.2, 0.25) is 0 Å². The molecule has 0 saturated carbocycles. The van der Waals surface area contributed by atoms with Gasteiger partial charge in [-0.2, -0.15) is 0 Å². The van der Waals surface area contributed by atoms with Crippen molar-refractivity contribution in [1.82, 2.24) is 0 Å². The summed E-state index contributed by atoms with van der Waals surface area (Å²) >= 11 is 0. The van der Waals surface area contributed by atoms with E-state index in [9.17, 15) is 9.59 Å². The molecule has 0 rings (SSSR count). The van der Waals surface area contributed by atoms with Crippen molar-refractivity contribution in [3.63, 3.8) is 0 Å². The summed E-state index contributed by atoms with van der Waals surface area (Å²) in [5.41, 5.74) is -0.755. The van der Waals surface area contributed by atoms with Crippen molar-refractivity contribution in [2.45, 2.75) is 91.9 Å². The van der Waals surface area contributed by atoms with Gasteiger partial charge in [-0.15, -0.1) is 0 Å². The number of rotatable bonds is 16. The van der Waals surface area contributed by atoms with Crippen LogP contribution in [0.15, 0.2) is 0 Å². The number of hydrogen-bond donors (Lipinski definition) is 0. The van der Waals surface area contributed by atoms with Crippen molar-refractivity contribution < 1.29 is 23.8 Å². The van der Waals surface area contributed by atoms with Gasteiger partial charge in [-0.25, -0.2) is 0 Å². The molecule has 0 spiro atoms. The molecule has 0 saturated heterocycles. The first-order valence-electron chi connectivity index (χ1n) is 10.4. The molecule has 5 nitrogen and oxygen atoms in total. The molecule has 27 heavy (non-hydrogen) atoms. The standard InChI is InChI=1S/C22H42O5/c1-21(2,19(23)25-5)15-11-7-9-13-17-27-18-14-10-8-12-16-22(3,4)20(24)26-6/h7-18H2,1-6H3. The largest absolute Gasteiger partial charge is 0.469 e. The molecular weight excluding hydrogens is 344 g/mol. The zero-order valence-electron chi connectivity index (χ0n) is 18.5. The molecule has 0 aromatic rings. The third kappa shape index (κ3) is 12.1.